The smallest absolute Gasteiger partial charge is 0.408 e. The highest BCUT2D eigenvalue weighted by Gasteiger charge is 2.61. The highest BCUT2D eigenvalue weighted by molar-refractivity contribution is 7.90. The van der Waals surface area contributed by atoms with Crippen LogP contribution in [0.2, 0.25) is 0 Å². The third kappa shape index (κ3) is 7.27. The summed E-state index contributed by atoms with van der Waals surface area (Å²) in [4.78, 5) is 54.2. The van der Waals surface area contributed by atoms with Crippen LogP contribution in [0.5, 0.6) is 0 Å². The van der Waals surface area contributed by atoms with Gasteiger partial charge in [-0.25, -0.2) is 13.2 Å². The molecule has 12 heteroatoms. The lowest BCUT2D eigenvalue weighted by atomic mass is 10.0. The molecule has 2 aliphatic heterocycles. The lowest BCUT2D eigenvalue weighted by molar-refractivity contribution is -0.141. The highest BCUT2D eigenvalue weighted by Crippen LogP contribution is 2.45. The first-order valence-electron chi connectivity index (χ1n) is 13.5. The van der Waals surface area contributed by atoms with E-state index >= 15 is 0 Å². The average molecular weight is 555 g/mol. The number of alkyl carbamates (subject to hydrolysis) is 1. The van der Waals surface area contributed by atoms with Crippen molar-refractivity contribution < 1.29 is 32.3 Å². The Bertz CT molecular complexity index is 1070. The molecule has 38 heavy (non-hydrogen) atoms. The summed E-state index contributed by atoms with van der Waals surface area (Å²) in [6.45, 7) is 8.49. The molecule has 1 saturated carbocycles. The zero-order chi connectivity index (χ0) is 28.3. The first-order chi connectivity index (χ1) is 17.7. The molecule has 3 aliphatic rings. The maximum atomic E-state index is 13.6. The van der Waals surface area contributed by atoms with Crippen LogP contribution in [-0.4, -0.2) is 72.2 Å². The molecular weight excluding hydrogens is 512 g/mol. The number of carbonyl (C=O) groups is 4. The summed E-state index contributed by atoms with van der Waals surface area (Å²) in [6.07, 6.45) is 7.91. The Balaban J connectivity index is 1.84. The van der Waals surface area contributed by atoms with Crippen LogP contribution in [0.25, 0.3) is 0 Å². The van der Waals surface area contributed by atoms with Crippen molar-refractivity contribution in [1.82, 2.24) is 20.3 Å². The van der Waals surface area contributed by atoms with Gasteiger partial charge in [0.25, 0.3) is 5.91 Å². The van der Waals surface area contributed by atoms with Crippen molar-refractivity contribution in [3.8, 4) is 0 Å². The van der Waals surface area contributed by atoms with E-state index in [1.54, 1.807) is 20.8 Å². The summed E-state index contributed by atoms with van der Waals surface area (Å²) < 4.78 is 32.3. The number of allylic oxidation sites excluding steroid dienone is 1. The van der Waals surface area contributed by atoms with Gasteiger partial charge in [0, 0.05) is 12.5 Å². The number of hydrogen-bond donors (Lipinski definition) is 3. The topological polar surface area (TPSA) is 151 Å². The number of nitrogens with zero attached hydrogens (tertiary/aromatic N) is 1. The molecule has 3 N–H and O–H groups in total. The largest absolute Gasteiger partial charge is 0.444 e. The zero-order valence-corrected chi connectivity index (χ0v) is 23.9. The molecule has 11 nitrogen and oxygen atoms in total. The van der Waals surface area contributed by atoms with Gasteiger partial charge in [-0.15, -0.1) is 0 Å². The number of hydrogen-bond acceptors (Lipinski definition) is 7. The van der Waals surface area contributed by atoms with Crippen LogP contribution >= 0.6 is 0 Å². The van der Waals surface area contributed by atoms with E-state index in [1.165, 1.54) is 18.7 Å². The number of nitrogens with one attached hydrogen (secondary N) is 3. The van der Waals surface area contributed by atoms with E-state index in [0.29, 0.717) is 32.2 Å². The number of ether oxygens (including phenoxy) is 1. The molecule has 1 saturated heterocycles. The molecule has 2 fully saturated rings. The Kier molecular flexibility index (Phi) is 9.16. The predicted molar refractivity (Wildman–Crippen MR) is 141 cm³/mol. The summed E-state index contributed by atoms with van der Waals surface area (Å²) in [5.41, 5.74) is -2.12. The Morgan fingerprint density at radius 1 is 1.13 bits per heavy atom. The van der Waals surface area contributed by atoms with E-state index < -0.39 is 56.4 Å². The van der Waals surface area contributed by atoms with Crippen molar-refractivity contribution in [1.29, 1.82) is 0 Å². The number of rotatable bonds is 4. The number of fused-ring (bicyclic) bond motifs is 2. The van der Waals surface area contributed by atoms with Gasteiger partial charge in [0.2, 0.25) is 21.8 Å². The van der Waals surface area contributed by atoms with Crippen LogP contribution < -0.4 is 15.4 Å². The quantitative estimate of drug-likeness (QED) is 0.450. The van der Waals surface area contributed by atoms with Crippen LogP contribution in [0.15, 0.2) is 12.2 Å². The molecule has 4 amide bonds. The molecule has 0 bridgehead atoms. The third-order valence-electron chi connectivity index (χ3n) is 7.18. The van der Waals surface area contributed by atoms with E-state index in [1.807, 2.05) is 12.2 Å². The number of amides is 4. The average Bonchev–Trinajstić information content (AvgIpc) is 3.26. The molecule has 0 aromatic carbocycles. The van der Waals surface area contributed by atoms with Gasteiger partial charge in [0.1, 0.15) is 23.2 Å². The molecule has 0 spiro atoms. The second kappa shape index (κ2) is 11.6. The Labute approximate surface area is 225 Å². The molecule has 0 radical (unpaired) electrons. The van der Waals surface area contributed by atoms with Crippen LogP contribution in [0.3, 0.4) is 0 Å². The Morgan fingerprint density at radius 3 is 2.50 bits per heavy atom. The number of sulfonamides is 1. The first kappa shape index (κ1) is 29.9. The second-order valence-electron chi connectivity index (χ2n) is 11.8. The molecule has 4 atom stereocenters. The molecule has 214 valence electrons. The fraction of sp³-hybridized carbons (Fsp3) is 0.769. The van der Waals surface area contributed by atoms with Crippen LogP contribution in [0, 0.1) is 5.92 Å². The first-order valence-corrected chi connectivity index (χ1v) is 15.1. The van der Waals surface area contributed by atoms with E-state index in [2.05, 4.69) is 15.4 Å². The summed E-state index contributed by atoms with van der Waals surface area (Å²) in [5, 5.41) is 4.69. The molecule has 1 aliphatic carbocycles. The van der Waals surface area contributed by atoms with Gasteiger partial charge in [-0.05, 0) is 73.1 Å². The zero-order valence-electron chi connectivity index (χ0n) is 23.0. The van der Waals surface area contributed by atoms with Crippen molar-refractivity contribution in [2.75, 3.05) is 6.54 Å². The maximum Gasteiger partial charge on any atom is 0.408 e. The van der Waals surface area contributed by atoms with Crippen molar-refractivity contribution >= 4 is 33.8 Å². The maximum absolute atomic E-state index is 13.6. The fourth-order valence-electron chi connectivity index (χ4n) is 4.88. The molecular formula is C26H42N4O7S. The van der Waals surface area contributed by atoms with Gasteiger partial charge in [-0.2, -0.15) is 0 Å². The number of carbonyl (C=O) groups excluding carboxylic acids is 4. The van der Waals surface area contributed by atoms with Gasteiger partial charge in [0.15, 0.2) is 0 Å². The fourth-order valence-corrected chi connectivity index (χ4v) is 5.56. The third-order valence-corrected chi connectivity index (χ3v) is 8.89. The minimum atomic E-state index is -3.89. The molecule has 0 aromatic heterocycles. The standard InChI is InChI=1S/C26H42N4O7S/c1-17(2)38(35,36)29-23(33)26-16-18(26)12-9-7-6-8-10-13-19(27-24(34)37-25(3,4)5)22(32)30-15-11-14-20(30)21(31)28-26/h9,12,17-20H,6-8,10-11,13-16H2,1-5H3,(H,27,34)(H,28,31)(H,29,33)/t18-,19+,20+,26-/m1/s1. The van der Waals surface area contributed by atoms with E-state index in [4.69, 9.17) is 4.74 Å². The monoisotopic (exact) mass is 554 g/mol. The van der Waals surface area contributed by atoms with E-state index in [9.17, 15) is 27.6 Å². The van der Waals surface area contributed by atoms with Gasteiger partial charge >= 0.3 is 6.09 Å². The lowest BCUT2D eigenvalue weighted by Gasteiger charge is -2.30. The lowest BCUT2D eigenvalue weighted by Crippen LogP contribution is -2.58. The van der Waals surface area contributed by atoms with Crippen molar-refractivity contribution in [2.45, 2.75) is 114 Å². The summed E-state index contributed by atoms with van der Waals surface area (Å²) in [7, 11) is -3.89. The molecule has 3 rings (SSSR count). The van der Waals surface area contributed by atoms with E-state index in [-0.39, 0.29) is 18.2 Å². The summed E-state index contributed by atoms with van der Waals surface area (Å²) >= 11 is 0. The Hall–Kier alpha value is -2.63. The Morgan fingerprint density at radius 2 is 1.84 bits per heavy atom. The normalized spacial score (nSPS) is 28.9. The summed E-state index contributed by atoms with van der Waals surface area (Å²) in [6, 6.07) is -1.67. The molecule has 0 unspecified atom stereocenters. The van der Waals surface area contributed by atoms with Crippen LogP contribution in [-0.2, 0) is 29.1 Å². The van der Waals surface area contributed by atoms with Crippen LogP contribution in [0.1, 0.15) is 86.0 Å². The van der Waals surface area contributed by atoms with Gasteiger partial charge in [-0.1, -0.05) is 25.0 Å². The van der Waals surface area contributed by atoms with Crippen molar-refractivity contribution in [3.05, 3.63) is 12.2 Å². The van der Waals surface area contributed by atoms with Gasteiger partial charge in [0.05, 0.1) is 5.25 Å². The highest BCUT2D eigenvalue weighted by atomic mass is 32.2. The summed E-state index contributed by atoms with van der Waals surface area (Å²) in [5.74, 6) is -1.98. The van der Waals surface area contributed by atoms with Crippen LogP contribution in [0.4, 0.5) is 4.79 Å². The second-order valence-corrected chi connectivity index (χ2v) is 14.0. The molecule has 0 aromatic rings. The van der Waals surface area contributed by atoms with E-state index in [0.717, 1.165) is 19.3 Å². The van der Waals surface area contributed by atoms with Crippen molar-refractivity contribution in [3.63, 3.8) is 0 Å². The van der Waals surface area contributed by atoms with Gasteiger partial charge < -0.3 is 20.3 Å². The predicted octanol–water partition coefficient (Wildman–Crippen LogP) is 2.12. The minimum absolute atomic E-state index is 0.276. The SMILES string of the molecule is CC(C)S(=O)(=O)NC(=O)[C@@]12C[C@H]1C=CCCCCC[C@H](NC(=O)OC(C)(C)C)C(=O)N1CCC[C@H]1C(=O)N2. The van der Waals surface area contributed by atoms with Crippen molar-refractivity contribution in [2.24, 2.45) is 5.92 Å². The molecule has 2 heterocycles. The van der Waals surface area contributed by atoms with Gasteiger partial charge in [-0.3, -0.25) is 19.1 Å². The minimum Gasteiger partial charge on any atom is -0.444 e.